The molecule has 0 spiro atoms. The van der Waals surface area contributed by atoms with Gasteiger partial charge in [0, 0.05) is 12.6 Å². The van der Waals surface area contributed by atoms with E-state index < -0.39 is 35.8 Å². The van der Waals surface area contributed by atoms with E-state index in [1.54, 1.807) is 0 Å². The number of nitrogens with one attached hydrogen (secondary N) is 1. The molecule has 1 saturated heterocycles. The first-order valence-electron chi connectivity index (χ1n) is 6.95. The summed E-state index contributed by atoms with van der Waals surface area (Å²) in [4.78, 5) is 25.8. The van der Waals surface area contributed by atoms with E-state index in [9.17, 15) is 19.8 Å². The van der Waals surface area contributed by atoms with Crippen LogP contribution in [0.5, 0.6) is 0 Å². The van der Waals surface area contributed by atoms with E-state index >= 15 is 0 Å². The summed E-state index contributed by atoms with van der Waals surface area (Å²) in [5.41, 5.74) is -1.22. The number of aromatic nitrogens is 2. The molecule has 1 aromatic rings. The minimum absolute atomic E-state index is 0.0852. The van der Waals surface area contributed by atoms with Crippen molar-refractivity contribution in [1.29, 1.82) is 0 Å². The van der Waals surface area contributed by atoms with Crippen molar-refractivity contribution in [3.63, 3.8) is 0 Å². The fourth-order valence-electron chi connectivity index (χ4n) is 2.43. The number of aliphatic hydroxyl groups excluding tert-OH is 3. The van der Waals surface area contributed by atoms with Gasteiger partial charge in [0.15, 0.2) is 0 Å². The van der Waals surface area contributed by atoms with Gasteiger partial charge in [-0.05, 0) is 6.42 Å². The maximum Gasteiger partial charge on any atom is 0.330 e. The van der Waals surface area contributed by atoms with Crippen molar-refractivity contribution in [3.05, 3.63) is 32.6 Å². The summed E-state index contributed by atoms with van der Waals surface area (Å²) in [7, 11) is 0. The Labute approximate surface area is 120 Å². The van der Waals surface area contributed by atoms with Gasteiger partial charge in [-0.2, -0.15) is 0 Å². The third-order valence-electron chi connectivity index (χ3n) is 3.61. The average Bonchev–Trinajstić information content (AvgIpc) is 2.80. The molecule has 1 aromatic heterocycles. The number of aliphatic hydroxyl groups is 3. The summed E-state index contributed by atoms with van der Waals surface area (Å²) < 4.78 is 6.52. The summed E-state index contributed by atoms with van der Waals surface area (Å²) in [5.74, 6) is 0. The Balaban J connectivity index is 2.34. The highest BCUT2D eigenvalue weighted by Crippen LogP contribution is 2.27. The Bertz CT molecular complexity index is 595. The van der Waals surface area contributed by atoms with Crippen LogP contribution in [-0.4, -0.2) is 43.7 Å². The topological polar surface area (TPSA) is 125 Å². The van der Waals surface area contributed by atoms with Crippen LogP contribution in [-0.2, 0) is 4.74 Å². The van der Waals surface area contributed by atoms with Gasteiger partial charge in [-0.1, -0.05) is 13.3 Å². The van der Waals surface area contributed by atoms with E-state index in [1.165, 1.54) is 6.20 Å². The van der Waals surface area contributed by atoms with Gasteiger partial charge in [0.25, 0.3) is 5.56 Å². The van der Waals surface area contributed by atoms with Gasteiger partial charge in [0.05, 0.1) is 24.4 Å². The van der Waals surface area contributed by atoms with Crippen LogP contribution in [0.2, 0.25) is 0 Å². The van der Waals surface area contributed by atoms with Crippen LogP contribution in [0.25, 0.3) is 0 Å². The molecule has 0 saturated carbocycles. The predicted octanol–water partition coefficient (Wildman–Crippen LogP) is -0.989. The molecule has 0 amide bonds. The molecule has 8 heteroatoms. The number of H-pyrrole nitrogens is 1. The zero-order valence-corrected chi connectivity index (χ0v) is 11.7. The van der Waals surface area contributed by atoms with Gasteiger partial charge in [-0.25, -0.2) is 4.79 Å². The molecule has 0 radical (unpaired) electrons. The fraction of sp³-hybridized carbons (Fsp3) is 0.692. The first-order valence-corrected chi connectivity index (χ1v) is 6.95. The number of nitrogens with zero attached hydrogens (tertiary/aromatic N) is 1. The van der Waals surface area contributed by atoms with Crippen LogP contribution < -0.4 is 11.2 Å². The summed E-state index contributed by atoms with van der Waals surface area (Å²) in [5, 5.41) is 28.7. The normalized spacial score (nSPS) is 27.0. The van der Waals surface area contributed by atoms with Crippen molar-refractivity contribution in [2.45, 2.75) is 50.7 Å². The molecule has 4 N–H and O–H groups in total. The number of hydrogen-bond acceptors (Lipinski definition) is 6. The second kappa shape index (κ2) is 6.52. The summed E-state index contributed by atoms with van der Waals surface area (Å²) >= 11 is 0. The first kappa shape index (κ1) is 15.9. The van der Waals surface area contributed by atoms with Gasteiger partial charge < -0.3 is 20.1 Å². The van der Waals surface area contributed by atoms with Gasteiger partial charge in [0.2, 0.25) is 0 Å². The first-order chi connectivity index (χ1) is 9.97. The van der Waals surface area contributed by atoms with E-state index in [2.05, 4.69) is 4.98 Å². The van der Waals surface area contributed by atoms with Crippen LogP contribution in [0, 0.1) is 0 Å². The summed E-state index contributed by atoms with van der Waals surface area (Å²) in [6.07, 6.45) is -0.931. The maximum atomic E-state index is 11.9. The fourth-order valence-corrected chi connectivity index (χ4v) is 2.43. The van der Waals surface area contributed by atoms with Gasteiger partial charge in [-0.15, -0.1) is 0 Å². The summed E-state index contributed by atoms with van der Waals surface area (Å²) in [6, 6.07) is 0. The third kappa shape index (κ3) is 3.24. The molecule has 2 rings (SSSR count). The highest BCUT2D eigenvalue weighted by atomic mass is 16.5. The lowest BCUT2D eigenvalue weighted by Gasteiger charge is -2.16. The molecule has 0 bridgehead atoms. The Kier molecular flexibility index (Phi) is 4.94. The maximum absolute atomic E-state index is 11.9. The van der Waals surface area contributed by atoms with Crippen molar-refractivity contribution in [1.82, 2.24) is 9.55 Å². The van der Waals surface area contributed by atoms with E-state index in [0.29, 0.717) is 12.8 Å². The number of rotatable bonds is 5. The van der Waals surface area contributed by atoms with Gasteiger partial charge in [0.1, 0.15) is 12.3 Å². The summed E-state index contributed by atoms with van der Waals surface area (Å²) in [6.45, 7) is 1.51. The molecule has 1 aliphatic rings. The molecule has 118 valence electrons. The Hall–Kier alpha value is -1.48. The van der Waals surface area contributed by atoms with Crippen LogP contribution >= 0.6 is 0 Å². The SMILES string of the molecule is CCCC(O)c1cn([C@H]2C[C@H](O)[C@@H](CO)O2)c(=O)[nH]c1=O. The van der Waals surface area contributed by atoms with E-state index in [1.807, 2.05) is 6.92 Å². The van der Waals surface area contributed by atoms with Gasteiger partial charge in [-0.3, -0.25) is 14.3 Å². The highest BCUT2D eigenvalue weighted by Gasteiger charge is 2.35. The second-order valence-corrected chi connectivity index (χ2v) is 5.17. The minimum Gasteiger partial charge on any atom is -0.394 e. The van der Waals surface area contributed by atoms with Crippen LogP contribution in [0.3, 0.4) is 0 Å². The van der Waals surface area contributed by atoms with Crippen LogP contribution in [0.15, 0.2) is 15.8 Å². The lowest BCUT2D eigenvalue weighted by atomic mass is 10.1. The largest absolute Gasteiger partial charge is 0.394 e. The molecule has 21 heavy (non-hydrogen) atoms. The van der Waals surface area contributed by atoms with Crippen LogP contribution in [0.4, 0.5) is 0 Å². The molecular weight excluding hydrogens is 280 g/mol. The van der Waals surface area contributed by atoms with Crippen molar-refractivity contribution >= 4 is 0 Å². The molecule has 0 aromatic carbocycles. The van der Waals surface area contributed by atoms with E-state index in [4.69, 9.17) is 9.84 Å². The molecular formula is C13H20N2O6. The standard InChI is InChI=1S/C13H20N2O6/c1-2-3-8(17)7-5-15(13(20)14-12(7)19)11-4-9(18)10(6-16)21-11/h5,8-11,16-18H,2-4,6H2,1H3,(H,14,19,20)/t8?,9-,10+,11+/m0/s1. The Morgan fingerprint density at radius 1 is 1.52 bits per heavy atom. The smallest absolute Gasteiger partial charge is 0.330 e. The monoisotopic (exact) mass is 300 g/mol. The Morgan fingerprint density at radius 3 is 2.81 bits per heavy atom. The van der Waals surface area contributed by atoms with E-state index in [-0.39, 0.29) is 18.6 Å². The molecule has 1 fully saturated rings. The highest BCUT2D eigenvalue weighted by molar-refractivity contribution is 5.09. The Morgan fingerprint density at radius 2 is 2.24 bits per heavy atom. The van der Waals surface area contributed by atoms with Crippen molar-refractivity contribution in [2.75, 3.05) is 6.61 Å². The third-order valence-corrected chi connectivity index (χ3v) is 3.61. The van der Waals surface area contributed by atoms with Gasteiger partial charge >= 0.3 is 5.69 Å². The zero-order chi connectivity index (χ0) is 15.6. The molecule has 1 aliphatic heterocycles. The van der Waals surface area contributed by atoms with Crippen molar-refractivity contribution in [2.24, 2.45) is 0 Å². The minimum atomic E-state index is -0.967. The molecule has 2 heterocycles. The van der Waals surface area contributed by atoms with Crippen molar-refractivity contribution < 1.29 is 20.1 Å². The molecule has 4 atom stereocenters. The molecule has 1 unspecified atom stereocenters. The number of aromatic amines is 1. The second-order valence-electron chi connectivity index (χ2n) is 5.17. The molecule has 8 nitrogen and oxygen atoms in total. The zero-order valence-electron chi connectivity index (χ0n) is 11.7. The van der Waals surface area contributed by atoms with Crippen molar-refractivity contribution in [3.8, 4) is 0 Å². The quantitative estimate of drug-likeness (QED) is 0.553. The number of ether oxygens (including phenoxy) is 1. The average molecular weight is 300 g/mol. The number of hydrogen-bond donors (Lipinski definition) is 4. The van der Waals surface area contributed by atoms with Crippen LogP contribution in [0.1, 0.15) is 44.1 Å². The predicted molar refractivity (Wildman–Crippen MR) is 72.8 cm³/mol. The lowest BCUT2D eigenvalue weighted by Crippen LogP contribution is -2.35. The van der Waals surface area contributed by atoms with E-state index in [0.717, 1.165) is 4.57 Å². The lowest BCUT2D eigenvalue weighted by molar-refractivity contribution is -0.0461. The molecule has 0 aliphatic carbocycles.